The van der Waals surface area contributed by atoms with Crippen LogP contribution in [0.15, 0.2) is 48.5 Å². The molecule has 38 heavy (non-hydrogen) atoms. The lowest BCUT2D eigenvalue weighted by atomic mass is 10.1. The summed E-state index contributed by atoms with van der Waals surface area (Å²) in [5, 5.41) is 41.5. The number of ether oxygens (including phenoxy) is 2. The molecule has 0 bridgehead atoms. The molecule has 2 rings (SSSR count). The molecule has 0 aliphatic heterocycles. The second-order valence-corrected chi connectivity index (χ2v) is 13.7. The van der Waals surface area contributed by atoms with Crippen molar-refractivity contribution >= 4 is 102 Å². The molecule has 0 heterocycles. The normalized spacial score (nSPS) is 16.5. The molecule has 210 valence electrons. The topological polar surface area (TPSA) is 140 Å². The number of carboxylic acids is 2. The molecule has 0 aliphatic carbocycles. The number of para-hydroxylation sites is 2. The first-order chi connectivity index (χ1) is 17.8. The minimum atomic E-state index is -1.57. The summed E-state index contributed by atoms with van der Waals surface area (Å²) in [6.07, 6.45) is 0. The van der Waals surface area contributed by atoms with Crippen molar-refractivity contribution in [2.45, 2.75) is 28.4 Å². The average molecular weight is 980 g/mol. The molecule has 0 saturated carbocycles. The Morgan fingerprint density at radius 1 is 0.763 bits per heavy atom. The van der Waals surface area contributed by atoms with Crippen LogP contribution in [-0.4, -0.2) is 84.8 Å². The molecule has 4 unspecified atom stereocenters. The number of phenols is 2. The smallest absolute Gasteiger partial charge is 0.338 e. The lowest BCUT2D eigenvalue weighted by Gasteiger charge is -2.43. The van der Waals surface area contributed by atoms with Gasteiger partial charge in [0.05, 0.1) is 0 Å². The van der Waals surface area contributed by atoms with E-state index in [1.807, 2.05) is 90.4 Å². The van der Waals surface area contributed by atoms with Gasteiger partial charge in [-0.3, -0.25) is 9.80 Å². The highest BCUT2D eigenvalue weighted by Gasteiger charge is 2.51. The van der Waals surface area contributed by atoms with Crippen LogP contribution in [-0.2, 0) is 32.2 Å². The van der Waals surface area contributed by atoms with E-state index >= 15 is 0 Å². The SMILES string of the molecule is COC(I)C(I)(C(=O)O)N(CCN(Cc1ccccc1O)C(I)(C(=O)O)C(I)OC)Cc1ccccc1O. The summed E-state index contributed by atoms with van der Waals surface area (Å²) in [6.45, 7) is 0.249. The quantitative estimate of drug-likeness (QED) is 0.113. The number of phenolic OH excluding ortho intramolecular Hbond substituents is 2. The third kappa shape index (κ3) is 7.72. The fraction of sp³-hybridized carbons (Fsp3) is 0.417. The Bertz CT molecular complexity index is 1030. The number of aromatic hydroxyl groups is 2. The van der Waals surface area contributed by atoms with Crippen molar-refractivity contribution in [2.24, 2.45) is 0 Å². The van der Waals surface area contributed by atoms with Gasteiger partial charge in [0.25, 0.3) is 0 Å². The van der Waals surface area contributed by atoms with Crippen molar-refractivity contribution in [1.29, 1.82) is 0 Å². The maximum absolute atomic E-state index is 12.6. The number of carbonyl (C=O) groups is 2. The average Bonchev–Trinajstić information content (AvgIpc) is 2.89. The summed E-state index contributed by atoms with van der Waals surface area (Å²) in [5.74, 6) is -2.28. The summed E-state index contributed by atoms with van der Waals surface area (Å²) in [5.41, 5.74) is 1.01. The fourth-order valence-corrected chi connectivity index (χ4v) is 6.37. The Hall–Kier alpha value is -0.260. The van der Waals surface area contributed by atoms with Crippen molar-refractivity contribution in [1.82, 2.24) is 9.80 Å². The van der Waals surface area contributed by atoms with Gasteiger partial charge in [-0.2, -0.15) is 0 Å². The third-order valence-electron chi connectivity index (χ3n) is 5.88. The standard InChI is InChI=1S/C24H28I4N2O8/c1-37-19(25)23(27,21(33)34)29(13-15-7-3-5-9-17(15)31)11-12-30(14-16-8-4-6-10-18(16)32)24(28,22(35)36)20(26)38-2/h3-10,19-20,31-32H,11-14H2,1-2H3,(H,33,34)(H,35,36). The molecule has 0 saturated heterocycles. The molecule has 10 nitrogen and oxygen atoms in total. The van der Waals surface area contributed by atoms with Gasteiger partial charge in [-0.25, -0.2) is 9.59 Å². The summed E-state index contributed by atoms with van der Waals surface area (Å²) >= 11 is 7.49. The van der Waals surface area contributed by atoms with Gasteiger partial charge in [0.2, 0.25) is 7.09 Å². The molecule has 0 amide bonds. The molecule has 14 heteroatoms. The molecule has 0 spiro atoms. The molecular formula is C24H28I4N2O8. The van der Waals surface area contributed by atoms with E-state index in [-0.39, 0.29) is 37.7 Å². The minimum Gasteiger partial charge on any atom is -0.508 e. The van der Waals surface area contributed by atoms with Crippen molar-refractivity contribution in [3.8, 4) is 11.5 Å². The van der Waals surface area contributed by atoms with Gasteiger partial charge in [0, 0.05) is 51.5 Å². The van der Waals surface area contributed by atoms with E-state index in [1.165, 1.54) is 26.4 Å². The number of benzene rings is 2. The number of methoxy groups -OCH3 is 2. The summed E-state index contributed by atoms with van der Waals surface area (Å²) in [4.78, 5) is 28.5. The first kappa shape index (κ1) is 33.9. The summed E-state index contributed by atoms with van der Waals surface area (Å²) < 4.78 is 6.14. The highest BCUT2D eigenvalue weighted by Crippen LogP contribution is 2.39. The first-order valence-corrected chi connectivity index (χ1v) is 15.7. The zero-order chi connectivity index (χ0) is 28.7. The van der Waals surface area contributed by atoms with E-state index in [9.17, 15) is 30.0 Å². The number of halogens is 4. The number of carboxylic acid groups (broad SMARTS) is 2. The van der Waals surface area contributed by atoms with E-state index in [1.54, 1.807) is 46.2 Å². The van der Waals surface area contributed by atoms with Crippen LogP contribution in [0, 0.1) is 0 Å². The molecule has 0 fully saturated rings. The van der Waals surface area contributed by atoms with Crippen LogP contribution in [0.1, 0.15) is 11.1 Å². The number of hydrogen-bond donors (Lipinski definition) is 4. The Balaban J connectivity index is 2.57. The van der Waals surface area contributed by atoms with Gasteiger partial charge in [-0.1, -0.05) is 36.4 Å². The molecule has 2 aromatic carbocycles. The Labute approximate surface area is 275 Å². The van der Waals surface area contributed by atoms with E-state index in [0.29, 0.717) is 11.1 Å². The zero-order valence-corrected chi connectivity index (χ0v) is 29.1. The molecule has 0 aromatic heterocycles. The Kier molecular flexibility index (Phi) is 13.5. The van der Waals surface area contributed by atoms with Crippen LogP contribution < -0.4 is 0 Å². The lowest BCUT2D eigenvalue weighted by molar-refractivity contribution is -0.150. The number of rotatable bonds is 15. The Morgan fingerprint density at radius 2 is 1.08 bits per heavy atom. The fourth-order valence-electron chi connectivity index (χ4n) is 3.72. The molecular weight excluding hydrogens is 952 g/mol. The van der Waals surface area contributed by atoms with Gasteiger partial charge >= 0.3 is 11.9 Å². The molecule has 4 N–H and O–H groups in total. The van der Waals surface area contributed by atoms with Crippen LogP contribution in [0.5, 0.6) is 11.5 Å². The van der Waals surface area contributed by atoms with Crippen molar-refractivity contribution in [3.05, 3.63) is 59.7 Å². The van der Waals surface area contributed by atoms with Gasteiger partial charge in [0.1, 0.15) is 19.7 Å². The van der Waals surface area contributed by atoms with Crippen LogP contribution in [0.3, 0.4) is 0 Å². The molecule has 0 aliphatic rings. The van der Waals surface area contributed by atoms with E-state index in [2.05, 4.69) is 0 Å². The maximum Gasteiger partial charge on any atom is 0.338 e. The first-order valence-electron chi connectivity index (χ1n) is 11.1. The predicted molar refractivity (Wildman–Crippen MR) is 175 cm³/mol. The largest absolute Gasteiger partial charge is 0.508 e. The number of nitrogens with zero attached hydrogens (tertiary/aromatic N) is 2. The van der Waals surface area contributed by atoms with Crippen LogP contribution >= 0.6 is 90.4 Å². The molecule has 0 radical (unpaired) electrons. The highest BCUT2D eigenvalue weighted by molar-refractivity contribution is 14.1. The summed E-state index contributed by atoms with van der Waals surface area (Å²) in [6, 6.07) is 13.3. The van der Waals surface area contributed by atoms with E-state index in [4.69, 9.17) is 9.47 Å². The molecule has 4 atom stereocenters. The van der Waals surface area contributed by atoms with Crippen LogP contribution in [0.2, 0.25) is 0 Å². The summed E-state index contributed by atoms with van der Waals surface area (Å²) in [7, 11) is 2.82. The highest BCUT2D eigenvalue weighted by atomic mass is 127. The van der Waals surface area contributed by atoms with E-state index < -0.39 is 27.3 Å². The van der Waals surface area contributed by atoms with Gasteiger partial charge in [-0.15, -0.1) is 0 Å². The predicted octanol–water partition coefficient (Wildman–Crippen LogP) is 4.65. The van der Waals surface area contributed by atoms with E-state index in [0.717, 1.165) is 0 Å². The molecule has 2 aromatic rings. The second-order valence-electron chi connectivity index (χ2n) is 8.16. The van der Waals surface area contributed by atoms with Gasteiger partial charge < -0.3 is 29.9 Å². The lowest BCUT2D eigenvalue weighted by Crippen LogP contribution is -2.60. The van der Waals surface area contributed by atoms with Gasteiger partial charge in [-0.05, 0) is 102 Å². The van der Waals surface area contributed by atoms with Crippen molar-refractivity contribution in [2.75, 3.05) is 27.3 Å². The minimum absolute atomic E-state index is 0.00983. The number of hydrogen-bond acceptors (Lipinski definition) is 8. The third-order valence-corrected chi connectivity index (χ3v) is 14.5. The van der Waals surface area contributed by atoms with Crippen molar-refractivity contribution in [3.63, 3.8) is 0 Å². The van der Waals surface area contributed by atoms with Crippen LogP contribution in [0.25, 0.3) is 0 Å². The Morgan fingerprint density at radius 3 is 1.34 bits per heavy atom. The number of alkyl halides is 4. The number of aliphatic carboxylic acids is 2. The van der Waals surface area contributed by atoms with Gasteiger partial charge in [0.15, 0.2) is 0 Å². The zero-order valence-electron chi connectivity index (χ0n) is 20.4. The monoisotopic (exact) mass is 980 g/mol. The second kappa shape index (κ2) is 15.1. The maximum atomic E-state index is 12.6. The van der Waals surface area contributed by atoms with Crippen molar-refractivity contribution < 1.29 is 39.5 Å². The van der Waals surface area contributed by atoms with Crippen LogP contribution in [0.4, 0.5) is 0 Å².